The van der Waals surface area contributed by atoms with Crippen LogP contribution >= 0.6 is 0 Å². The van der Waals surface area contributed by atoms with Crippen LogP contribution in [0.15, 0.2) is 24.8 Å². The van der Waals surface area contributed by atoms with Crippen LogP contribution in [-0.4, -0.2) is 66.7 Å². The first-order valence-corrected chi connectivity index (χ1v) is 18.7. The monoisotopic (exact) mass is 656 g/mol. The van der Waals surface area contributed by atoms with Crippen molar-refractivity contribution in [3.8, 4) is 0 Å². The molecule has 7 heteroatoms. The van der Waals surface area contributed by atoms with Gasteiger partial charge in [0.2, 0.25) is 0 Å². The van der Waals surface area contributed by atoms with Crippen molar-refractivity contribution < 1.29 is 34.0 Å². The average Bonchev–Trinajstić information content (AvgIpc) is 3.39. The SMILES string of the molecule is C=CCO[C@H]1CC[C@]2(C)[C@H]3CC[C@@H]4[C@H]5[C@H](C(=C)C)CC[C@]5(CO[C@H]5OC[C@@H](O)[C@@H](O)[C@@H]5OC(C)=O)CC[C@@]4(C)[C@]3(C)CC[C@H]2C1(C)C. The van der Waals surface area contributed by atoms with E-state index in [9.17, 15) is 15.0 Å². The van der Waals surface area contributed by atoms with Gasteiger partial charge in [-0.3, -0.25) is 4.79 Å². The molecule has 6 fully saturated rings. The summed E-state index contributed by atoms with van der Waals surface area (Å²) >= 11 is 0. The minimum absolute atomic E-state index is 0.0220. The van der Waals surface area contributed by atoms with Crippen molar-refractivity contribution in [3.05, 3.63) is 24.8 Å². The lowest BCUT2D eigenvalue weighted by Gasteiger charge is -2.73. The number of aliphatic hydroxyl groups is 2. The van der Waals surface area contributed by atoms with Crippen LogP contribution in [0.1, 0.15) is 113 Å². The molecule has 5 saturated carbocycles. The van der Waals surface area contributed by atoms with Gasteiger partial charge in [0.25, 0.3) is 0 Å². The van der Waals surface area contributed by atoms with Crippen molar-refractivity contribution in [1.29, 1.82) is 0 Å². The van der Waals surface area contributed by atoms with E-state index >= 15 is 0 Å². The molecule has 7 nitrogen and oxygen atoms in total. The molecule has 6 rings (SSSR count). The fourth-order valence-corrected chi connectivity index (χ4v) is 13.5. The number of aliphatic hydroxyl groups excluding tert-OH is 2. The minimum atomic E-state index is -1.24. The molecule has 0 unspecified atom stereocenters. The molecule has 1 aliphatic heterocycles. The summed E-state index contributed by atoms with van der Waals surface area (Å²) in [4.78, 5) is 11.9. The van der Waals surface area contributed by atoms with Crippen molar-refractivity contribution >= 4 is 5.97 Å². The van der Waals surface area contributed by atoms with E-state index in [1.54, 1.807) is 0 Å². The molecule has 0 bridgehead atoms. The number of esters is 1. The maximum atomic E-state index is 11.9. The normalized spacial score (nSPS) is 50.3. The molecule has 1 heterocycles. The fraction of sp³-hybridized carbons (Fsp3) is 0.875. The molecule has 0 amide bonds. The van der Waals surface area contributed by atoms with Gasteiger partial charge < -0.3 is 29.2 Å². The van der Waals surface area contributed by atoms with Crippen LogP contribution in [0.25, 0.3) is 0 Å². The standard InChI is InChI=1S/C40H64O7/c1-10-21-44-31-15-16-37(7)29(36(31,5)6)14-17-39(9)30(37)12-11-27-32-26(24(2)3)13-18-40(32,20-19-38(27,39)8)23-46-35-34(47-25(4)41)33(43)28(42)22-45-35/h10,26-35,42-43H,1-2,11-23H2,3-9H3/t26-,27+,28+,29-,30+,31-,32+,33+,34-,35+,37-,38+,39+,40+/m0/s1. The third-order valence-electron chi connectivity index (χ3n) is 15.9. The van der Waals surface area contributed by atoms with Crippen LogP contribution in [0, 0.1) is 56.7 Å². The number of rotatable bonds is 8. The quantitative estimate of drug-likeness (QED) is 0.210. The van der Waals surface area contributed by atoms with Gasteiger partial charge in [-0.15, -0.1) is 6.58 Å². The Labute approximate surface area is 284 Å². The van der Waals surface area contributed by atoms with E-state index in [4.69, 9.17) is 18.9 Å². The summed E-state index contributed by atoms with van der Waals surface area (Å²) in [6.45, 7) is 26.0. The highest BCUT2D eigenvalue weighted by atomic mass is 16.7. The molecule has 0 aromatic heterocycles. The number of carbonyl (C=O) groups excluding carboxylic acids is 1. The van der Waals surface area contributed by atoms with Crippen molar-refractivity contribution in [2.75, 3.05) is 19.8 Å². The molecule has 47 heavy (non-hydrogen) atoms. The van der Waals surface area contributed by atoms with Gasteiger partial charge in [0.15, 0.2) is 12.4 Å². The Balaban J connectivity index is 1.27. The Morgan fingerprint density at radius 2 is 1.64 bits per heavy atom. The number of carbonyl (C=O) groups is 1. The molecule has 14 atom stereocenters. The first-order chi connectivity index (χ1) is 22.1. The van der Waals surface area contributed by atoms with Gasteiger partial charge in [0.05, 0.1) is 25.9 Å². The summed E-state index contributed by atoms with van der Waals surface area (Å²) in [5.41, 5.74) is 2.18. The molecular formula is C40H64O7. The largest absolute Gasteiger partial charge is 0.454 e. The maximum Gasteiger partial charge on any atom is 0.303 e. The van der Waals surface area contributed by atoms with Gasteiger partial charge in [0.1, 0.15) is 12.2 Å². The molecule has 266 valence electrons. The smallest absolute Gasteiger partial charge is 0.303 e. The van der Waals surface area contributed by atoms with Gasteiger partial charge in [-0.1, -0.05) is 52.8 Å². The van der Waals surface area contributed by atoms with Crippen LogP contribution in [0.4, 0.5) is 0 Å². The second kappa shape index (κ2) is 12.5. The number of fused-ring (bicyclic) bond motifs is 7. The predicted octanol–water partition coefficient (Wildman–Crippen LogP) is 7.24. The molecule has 6 aliphatic rings. The summed E-state index contributed by atoms with van der Waals surface area (Å²) in [5.74, 6) is 2.31. The highest BCUT2D eigenvalue weighted by Gasteiger charge is 2.71. The molecule has 1 saturated heterocycles. The molecular weight excluding hydrogens is 592 g/mol. The molecule has 0 aromatic carbocycles. The molecule has 5 aliphatic carbocycles. The molecule has 0 spiro atoms. The third-order valence-corrected chi connectivity index (χ3v) is 15.9. The van der Waals surface area contributed by atoms with E-state index in [-0.39, 0.29) is 34.4 Å². The van der Waals surface area contributed by atoms with Gasteiger partial charge in [-0.05, 0) is 128 Å². The Bertz CT molecular complexity index is 1210. The van der Waals surface area contributed by atoms with Gasteiger partial charge in [-0.25, -0.2) is 0 Å². The Morgan fingerprint density at radius 3 is 2.32 bits per heavy atom. The Kier molecular flexibility index (Phi) is 9.47. The molecule has 0 aromatic rings. The van der Waals surface area contributed by atoms with E-state index in [0.717, 1.165) is 25.7 Å². The van der Waals surface area contributed by atoms with Crippen LogP contribution in [0.3, 0.4) is 0 Å². The Morgan fingerprint density at radius 1 is 0.894 bits per heavy atom. The van der Waals surface area contributed by atoms with Gasteiger partial charge in [-0.2, -0.15) is 0 Å². The van der Waals surface area contributed by atoms with Crippen molar-refractivity contribution in [1.82, 2.24) is 0 Å². The lowest BCUT2D eigenvalue weighted by Crippen LogP contribution is -2.67. The first kappa shape index (κ1) is 35.6. The van der Waals surface area contributed by atoms with Crippen molar-refractivity contribution in [2.24, 2.45) is 56.7 Å². The molecule has 2 N–H and O–H groups in total. The van der Waals surface area contributed by atoms with Crippen molar-refractivity contribution in [2.45, 2.75) is 143 Å². The topological polar surface area (TPSA) is 94.5 Å². The second-order valence-electron chi connectivity index (χ2n) is 18.2. The Hall–Kier alpha value is -1.25. The first-order valence-electron chi connectivity index (χ1n) is 18.7. The van der Waals surface area contributed by atoms with Crippen LogP contribution in [0.2, 0.25) is 0 Å². The highest BCUT2D eigenvalue weighted by molar-refractivity contribution is 5.66. The maximum absolute atomic E-state index is 11.9. The van der Waals surface area contributed by atoms with E-state index in [1.807, 2.05) is 6.08 Å². The molecule has 0 radical (unpaired) electrons. The fourth-order valence-electron chi connectivity index (χ4n) is 13.5. The highest BCUT2D eigenvalue weighted by Crippen LogP contribution is 2.77. The van der Waals surface area contributed by atoms with Crippen LogP contribution in [0.5, 0.6) is 0 Å². The number of allylic oxidation sites excluding steroid dienone is 1. The summed E-state index contributed by atoms with van der Waals surface area (Å²) in [5, 5.41) is 20.9. The summed E-state index contributed by atoms with van der Waals surface area (Å²) in [7, 11) is 0. The lowest BCUT2D eigenvalue weighted by atomic mass is 9.32. The third kappa shape index (κ3) is 5.43. The van der Waals surface area contributed by atoms with Crippen LogP contribution in [-0.2, 0) is 23.7 Å². The van der Waals surface area contributed by atoms with E-state index < -0.39 is 30.6 Å². The summed E-state index contributed by atoms with van der Waals surface area (Å²) in [6, 6.07) is 0. The zero-order valence-corrected chi connectivity index (χ0v) is 30.4. The number of hydrogen-bond donors (Lipinski definition) is 2. The predicted molar refractivity (Wildman–Crippen MR) is 182 cm³/mol. The van der Waals surface area contributed by atoms with E-state index in [0.29, 0.717) is 48.2 Å². The van der Waals surface area contributed by atoms with Gasteiger partial charge in [0, 0.05) is 6.92 Å². The second-order valence-corrected chi connectivity index (χ2v) is 18.2. The van der Waals surface area contributed by atoms with Crippen molar-refractivity contribution in [3.63, 3.8) is 0 Å². The van der Waals surface area contributed by atoms with E-state index in [2.05, 4.69) is 54.7 Å². The number of hydrogen-bond acceptors (Lipinski definition) is 7. The lowest BCUT2D eigenvalue weighted by molar-refractivity contribution is -0.290. The number of ether oxygens (including phenoxy) is 4. The van der Waals surface area contributed by atoms with E-state index in [1.165, 1.54) is 51.0 Å². The zero-order chi connectivity index (χ0) is 34.2. The van der Waals surface area contributed by atoms with Crippen LogP contribution < -0.4 is 0 Å². The summed E-state index contributed by atoms with van der Waals surface area (Å²) < 4.78 is 24.3. The zero-order valence-electron chi connectivity index (χ0n) is 30.4. The minimum Gasteiger partial charge on any atom is -0.454 e. The summed E-state index contributed by atoms with van der Waals surface area (Å²) in [6.07, 6.45) is 9.78. The van der Waals surface area contributed by atoms with Gasteiger partial charge >= 0.3 is 5.97 Å². The average molecular weight is 657 g/mol.